The minimum atomic E-state index is 0.740. The van der Waals surface area contributed by atoms with Crippen LogP contribution < -0.4 is 0 Å². The van der Waals surface area contributed by atoms with E-state index < -0.39 is 0 Å². The second kappa shape index (κ2) is 6.40. The van der Waals surface area contributed by atoms with E-state index >= 15 is 0 Å². The summed E-state index contributed by atoms with van der Waals surface area (Å²) in [6.45, 7) is 11.6. The fraction of sp³-hybridized carbons (Fsp3) is 0.0526. The first kappa shape index (κ1) is 14.4. The molecule has 2 rings (SSSR count). The summed E-state index contributed by atoms with van der Waals surface area (Å²) in [5, 5.41) is 0.740. The molecule has 0 saturated heterocycles. The molecule has 20 heavy (non-hydrogen) atoms. The Morgan fingerprint density at radius 2 is 1.55 bits per heavy atom. The first-order valence-electron chi connectivity index (χ1n) is 6.47. The van der Waals surface area contributed by atoms with Crippen LogP contribution in [0.2, 0.25) is 5.02 Å². The van der Waals surface area contributed by atoms with Gasteiger partial charge in [-0.1, -0.05) is 79.9 Å². The van der Waals surface area contributed by atoms with Crippen LogP contribution in [-0.2, 0) is 6.42 Å². The summed E-state index contributed by atoms with van der Waals surface area (Å²) in [7, 11) is 0. The summed E-state index contributed by atoms with van der Waals surface area (Å²) in [6.07, 6.45) is 6.21. The SMILES string of the molecule is C=Cc1cc(C=C)c(C=C)c(Cc2ccccc2)c1Cl. The molecule has 0 unspecified atom stereocenters. The van der Waals surface area contributed by atoms with Crippen molar-refractivity contribution in [3.63, 3.8) is 0 Å². The first-order chi connectivity index (χ1) is 9.71. The van der Waals surface area contributed by atoms with Gasteiger partial charge in [0.05, 0.1) is 5.02 Å². The van der Waals surface area contributed by atoms with Crippen LogP contribution in [-0.4, -0.2) is 0 Å². The van der Waals surface area contributed by atoms with Gasteiger partial charge in [-0.3, -0.25) is 0 Å². The second-order valence-electron chi connectivity index (χ2n) is 4.54. The van der Waals surface area contributed by atoms with Crippen LogP contribution in [0.1, 0.15) is 27.8 Å². The topological polar surface area (TPSA) is 0 Å². The van der Waals surface area contributed by atoms with Crippen LogP contribution in [0, 0.1) is 0 Å². The predicted octanol–water partition coefficient (Wildman–Crippen LogP) is 5.86. The van der Waals surface area contributed by atoms with E-state index in [1.165, 1.54) is 5.56 Å². The largest absolute Gasteiger partial charge is 0.0984 e. The fourth-order valence-electron chi connectivity index (χ4n) is 2.31. The maximum atomic E-state index is 6.52. The average Bonchev–Trinajstić information content (AvgIpc) is 2.50. The smallest absolute Gasteiger partial charge is 0.0519 e. The Balaban J connectivity index is 2.62. The van der Waals surface area contributed by atoms with Gasteiger partial charge >= 0.3 is 0 Å². The molecule has 2 aromatic carbocycles. The van der Waals surface area contributed by atoms with Crippen molar-refractivity contribution in [3.8, 4) is 0 Å². The van der Waals surface area contributed by atoms with E-state index in [-0.39, 0.29) is 0 Å². The van der Waals surface area contributed by atoms with Crippen molar-refractivity contribution in [2.24, 2.45) is 0 Å². The lowest BCUT2D eigenvalue weighted by molar-refractivity contribution is 1.18. The van der Waals surface area contributed by atoms with Gasteiger partial charge in [-0.15, -0.1) is 0 Å². The van der Waals surface area contributed by atoms with E-state index in [0.29, 0.717) is 0 Å². The van der Waals surface area contributed by atoms with Crippen LogP contribution in [0.25, 0.3) is 18.2 Å². The van der Waals surface area contributed by atoms with Gasteiger partial charge in [0.2, 0.25) is 0 Å². The van der Waals surface area contributed by atoms with Crippen molar-refractivity contribution < 1.29 is 0 Å². The summed E-state index contributed by atoms with van der Waals surface area (Å²) >= 11 is 6.52. The minimum absolute atomic E-state index is 0.740. The molecule has 0 N–H and O–H groups in total. The molecule has 0 aliphatic rings. The van der Waals surface area contributed by atoms with Crippen molar-refractivity contribution in [1.82, 2.24) is 0 Å². The molecule has 1 heteroatoms. The standard InChI is InChI=1S/C19H17Cl/c1-4-15-13-16(5-2)19(20)18(17(15)6-3)12-14-10-8-7-9-11-14/h4-11,13H,1-3,12H2. The highest BCUT2D eigenvalue weighted by Crippen LogP contribution is 2.32. The van der Waals surface area contributed by atoms with Gasteiger partial charge in [0.25, 0.3) is 0 Å². The van der Waals surface area contributed by atoms with Crippen LogP contribution >= 0.6 is 11.6 Å². The quantitative estimate of drug-likeness (QED) is 0.643. The van der Waals surface area contributed by atoms with Crippen LogP contribution in [0.3, 0.4) is 0 Å². The lowest BCUT2D eigenvalue weighted by Crippen LogP contribution is -1.98. The van der Waals surface area contributed by atoms with Crippen LogP contribution in [0.5, 0.6) is 0 Å². The number of benzene rings is 2. The third kappa shape index (κ3) is 2.76. The van der Waals surface area contributed by atoms with E-state index in [1.54, 1.807) is 6.08 Å². The summed E-state index contributed by atoms with van der Waals surface area (Å²) in [5.41, 5.74) is 5.29. The van der Waals surface area contributed by atoms with Gasteiger partial charge in [-0.25, -0.2) is 0 Å². The van der Waals surface area contributed by atoms with E-state index in [9.17, 15) is 0 Å². The van der Waals surface area contributed by atoms with Gasteiger partial charge in [-0.05, 0) is 40.3 Å². The molecule has 0 aromatic heterocycles. The Hall–Kier alpha value is -2.05. The molecule has 0 heterocycles. The van der Waals surface area contributed by atoms with Gasteiger partial charge in [0.1, 0.15) is 0 Å². The maximum Gasteiger partial charge on any atom is 0.0519 e. The summed E-state index contributed by atoms with van der Waals surface area (Å²) in [4.78, 5) is 0. The summed E-state index contributed by atoms with van der Waals surface area (Å²) < 4.78 is 0. The van der Waals surface area contributed by atoms with E-state index in [1.807, 2.05) is 36.4 Å². The Morgan fingerprint density at radius 3 is 2.10 bits per heavy atom. The summed E-state index contributed by atoms with van der Waals surface area (Å²) in [5.74, 6) is 0. The van der Waals surface area contributed by atoms with Crippen LogP contribution in [0.4, 0.5) is 0 Å². The zero-order valence-electron chi connectivity index (χ0n) is 11.4. The molecule has 0 saturated carbocycles. The molecule has 0 aliphatic heterocycles. The number of rotatable bonds is 5. The van der Waals surface area contributed by atoms with Crippen molar-refractivity contribution >= 4 is 29.8 Å². The lowest BCUT2D eigenvalue weighted by Gasteiger charge is -2.15. The molecule has 0 radical (unpaired) electrons. The molecule has 0 spiro atoms. The number of hydrogen-bond acceptors (Lipinski definition) is 0. The van der Waals surface area contributed by atoms with Gasteiger partial charge in [0, 0.05) is 0 Å². The minimum Gasteiger partial charge on any atom is -0.0984 e. The predicted molar refractivity (Wildman–Crippen MR) is 91.0 cm³/mol. The molecular formula is C19H17Cl. The molecule has 2 aromatic rings. The third-order valence-corrected chi connectivity index (χ3v) is 3.78. The van der Waals surface area contributed by atoms with Gasteiger partial charge in [0.15, 0.2) is 0 Å². The fourth-order valence-corrected chi connectivity index (χ4v) is 2.61. The molecule has 100 valence electrons. The Morgan fingerprint density at radius 1 is 0.900 bits per heavy atom. The van der Waals surface area contributed by atoms with Gasteiger partial charge < -0.3 is 0 Å². The van der Waals surface area contributed by atoms with Crippen LogP contribution in [0.15, 0.2) is 56.1 Å². The first-order valence-corrected chi connectivity index (χ1v) is 6.85. The number of halogens is 1. The highest BCUT2D eigenvalue weighted by molar-refractivity contribution is 6.33. The molecule has 0 amide bonds. The molecule has 0 atom stereocenters. The summed E-state index contributed by atoms with van der Waals surface area (Å²) in [6, 6.07) is 12.3. The molecule has 0 aliphatic carbocycles. The van der Waals surface area contributed by atoms with E-state index in [0.717, 1.165) is 33.7 Å². The lowest BCUT2D eigenvalue weighted by atomic mass is 9.93. The van der Waals surface area contributed by atoms with E-state index in [2.05, 4.69) is 31.9 Å². The zero-order valence-corrected chi connectivity index (χ0v) is 12.2. The maximum absolute atomic E-state index is 6.52. The highest BCUT2D eigenvalue weighted by atomic mass is 35.5. The monoisotopic (exact) mass is 280 g/mol. The molecule has 0 fully saturated rings. The Kier molecular flexibility index (Phi) is 4.60. The van der Waals surface area contributed by atoms with Crippen molar-refractivity contribution in [2.45, 2.75) is 6.42 Å². The van der Waals surface area contributed by atoms with E-state index in [4.69, 9.17) is 11.6 Å². The van der Waals surface area contributed by atoms with Crippen molar-refractivity contribution in [2.75, 3.05) is 0 Å². The average molecular weight is 281 g/mol. The third-order valence-electron chi connectivity index (χ3n) is 3.33. The van der Waals surface area contributed by atoms with Crippen molar-refractivity contribution in [3.05, 3.63) is 89.0 Å². The molecule has 0 nitrogen and oxygen atoms in total. The normalized spacial score (nSPS) is 10.1. The van der Waals surface area contributed by atoms with Gasteiger partial charge in [-0.2, -0.15) is 0 Å². The number of hydrogen-bond donors (Lipinski definition) is 0. The Labute approximate surface area is 125 Å². The second-order valence-corrected chi connectivity index (χ2v) is 4.91. The Bertz CT molecular complexity index is 651. The molecule has 0 bridgehead atoms. The highest BCUT2D eigenvalue weighted by Gasteiger charge is 2.12. The zero-order chi connectivity index (χ0) is 14.5. The molecular weight excluding hydrogens is 264 g/mol. The van der Waals surface area contributed by atoms with Crippen molar-refractivity contribution in [1.29, 1.82) is 0 Å².